The zero-order chi connectivity index (χ0) is 22.8. The predicted octanol–water partition coefficient (Wildman–Crippen LogP) is 3.28. The van der Waals surface area contributed by atoms with Crippen LogP contribution < -0.4 is 4.72 Å². The molecular weight excluding hydrogens is 466 g/mol. The van der Waals surface area contributed by atoms with Gasteiger partial charge in [-0.2, -0.15) is 4.31 Å². The Kier molecular flexibility index (Phi) is 7.38. The van der Waals surface area contributed by atoms with Crippen LogP contribution >= 0.6 is 11.3 Å². The molecule has 0 aliphatic carbocycles. The molecule has 2 aliphatic heterocycles. The summed E-state index contributed by atoms with van der Waals surface area (Å²) < 4.78 is 55.6. The van der Waals surface area contributed by atoms with Crippen LogP contribution in [0.4, 0.5) is 0 Å². The zero-order valence-electron chi connectivity index (χ0n) is 18.3. The summed E-state index contributed by atoms with van der Waals surface area (Å²) in [5.74, 6) is 0.697. The summed E-state index contributed by atoms with van der Waals surface area (Å²) in [4.78, 5) is 3.72. The summed E-state index contributed by atoms with van der Waals surface area (Å²) in [5, 5.41) is 2.02. The second-order valence-corrected chi connectivity index (χ2v) is 13.4. The van der Waals surface area contributed by atoms with E-state index in [0.29, 0.717) is 19.0 Å². The second kappa shape index (κ2) is 9.90. The van der Waals surface area contributed by atoms with Crippen molar-refractivity contribution in [2.45, 2.75) is 48.4 Å². The fourth-order valence-electron chi connectivity index (χ4n) is 4.37. The largest absolute Gasteiger partial charge is 0.294 e. The smallest absolute Gasteiger partial charge is 0.243 e. The van der Waals surface area contributed by atoms with Crippen molar-refractivity contribution >= 4 is 31.4 Å². The molecule has 0 spiro atoms. The second-order valence-electron chi connectivity index (χ2n) is 8.68. The van der Waals surface area contributed by atoms with Gasteiger partial charge in [0.1, 0.15) is 0 Å². The molecular formula is C22H31N3O4S3. The Morgan fingerprint density at radius 2 is 1.59 bits per heavy atom. The van der Waals surface area contributed by atoms with E-state index in [-0.39, 0.29) is 22.4 Å². The molecule has 1 aromatic carbocycles. The summed E-state index contributed by atoms with van der Waals surface area (Å²) in [6.45, 7) is 5.48. The van der Waals surface area contributed by atoms with Crippen LogP contribution in [0.3, 0.4) is 0 Å². The highest BCUT2D eigenvalue weighted by atomic mass is 32.2. The van der Waals surface area contributed by atoms with Gasteiger partial charge in [-0.3, -0.25) is 4.90 Å². The van der Waals surface area contributed by atoms with E-state index in [0.717, 1.165) is 43.6 Å². The van der Waals surface area contributed by atoms with Crippen molar-refractivity contribution in [2.24, 2.45) is 5.92 Å². The van der Waals surface area contributed by atoms with Gasteiger partial charge >= 0.3 is 0 Å². The minimum Gasteiger partial charge on any atom is -0.294 e. The van der Waals surface area contributed by atoms with Crippen molar-refractivity contribution in [3.8, 4) is 0 Å². The number of piperidine rings is 1. The molecule has 3 heterocycles. The number of thiophene rings is 1. The fourth-order valence-corrected chi connectivity index (χ4v) is 7.79. The first kappa shape index (κ1) is 23.8. The van der Waals surface area contributed by atoms with E-state index >= 15 is 0 Å². The average Bonchev–Trinajstić information content (AvgIpc) is 3.50. The third kappa shape index (κ3) is 5.26. The van der Waals surface area contributed by atoms with Crippen molar-refractivity contribution in [3.63, 3.8) is 0 Å². The first-order valence-corrected chi connectivity index (χ1v) is 14.9. The van der Waals surface area contributed by atoms with Gasteiger partial charge in [0, 0.05) is 24.5 Å². The predicted molar refractivity (Wildman–Crippen MR) is 127 cm³/mol. The molecule has 2 aliphatic rings. The highest BCUT2D eigenvalue weighted by Crippen LogP contribution is 2.29. The molecule has 32 heavy (non-hydrogen) atoms. The van der Waals surface area contributed by atoms with E-state index in [9.17, 15) is 16.8 Å². The number of likely N-dealkylation sites (tertiary alicyclic amines) is 1. The number of hydrogen-bond donors (Lipinski definition) is 1. The molecule has 0 unspecified atom stereocenters. The van der Waals surface area contributed by atoms with Gasteiger partial charge in [-0.15, -0.1) is 11.3 Å². The van der Waals surface area contributed by atoms with Gasteiger partial charge in [0.05, 0.1) is 15.8 Å². The highest BCUT2D eigenvalue weighted by Gasteiger charge is 2.29. The molecule has 2 fully saturated rings. The Balaban J connectivity index is 1.47. The monoisotopic (exact) mass is 497 g/mol. The molecule has 10 heteroatoms. The number of rotatable bonds is 8. The minimum absolute atomic E-state index is 0.00732. The van der Waals surface area contributed by atoms with Crippen molar-refractivity contribution in [1.29, 1.82) is 0 Å². The first-order chi connectivity index (χ1) is 15.3. The summed E-state index contributed by atoms with van der Waals surface area (Å²) in [7, 11) is -7.32. The minimum atomic E-state index is -3.76. The van der Waals surface area contributed by atoms with Crippen LogP contribution in [-0.2, 0) is 20.0 Å². The van der Waals surface area contributed by atoms with Gasteiger partial charge in [-0.25, -0.2) is 21.6 Å². The van der Waals surface area contributed by atoms with E-state index in [1.54, 1.807) is 11.3 Å². The molecule has 1 atom stereocenters. The topological polar surface area (TPSA) is 86.8 Å². The molecule has 1 N–H and O–H groups in total. The molecule has 0 radical (unpaired) electrons. The lowest BCUT2D eigenvalue weighted by atomic mass is 9.97. The van der Waals surface area contributed by atoms with Crippen LogP contribution in [-0.4, -0.2) is 58.8 Å². The van der Waals surface area contributed by atoms with Gasteiger partial charge < -0.3 is 0 Å². The maximum Gasteiger partial charge on any atom is 0.243 e. The SMILES string of the molecule is CC1CCN([C@@H](CNS(=O)(=O)c2ccc(S(=O)(=O)N3CCCC3)cc2)c2cccs2)CC1. The zero-order valence-corrected chi connectivity index (χ0v) is 20.8. The molecule has 4 rings (SSSR count). The van der Waals surface area contributed by atoms with Crippen LogP contribution in [0.1, 0.15) is 43.5 Å². The van der Waals surface area contributed by atoms with Crippen LogP contribution in [0.25, 0.3) is 0 Å². The van der Waals surface area contributed by atoms with Gasteiger partial charge in [-0.05, 0) is 80.4 Å². The third-order valence-corrected chi connectivity index (χ3v) is 10.8. The lowest BCUT2D eigenvalue weighted by Crippen LogP contribution is -2.41. The Hall–Kier alpha value is -1.30. The average molecular weight is 498 g/mol. The fraction of sp³-hybridized carbons (Fsp3) is 0.545. The maximum absolute atomic E-state index is 13.0. The molecule has 0 bridgehead atoms. The Morgan fingerprint density at radius 3 is 2.19 bits per heavy atom. The summed E-state index contributed by atoms with van der Waals surface area (Å²) >= 11 is 1.64. The highest BCUT2D eigenvalue weighted by molar-refractivity contribution is 7.89. The van der Waals surface area contributed by atoms with Crippen LogP contribution in [0, 0.1) is 5.92 Å². The van der Waals surface area contributed by atoms with Crippen LogP contribution in [0.5, 0.6) is 0 Å². The number of hydrogen-bond acceptors (Lipinski definition) is 6. The van der Waals surface area contributed by atoms with Crippen molar-refractivity contribution in [2.75, 3.05) is 32.7 Å². The molecule has 176 valence electrons. The summed E-state index contributed by atoms with van der Waals surface area (Å²) in [6, 6.07) is 9.60. The number of benzene rings is 1. The van der Waals surface area contributed by atoms with Crippen LogP contribution in [0.15, 0.2) is 51.6 Å². The van der Waals surface area contributed by atoms with E-state index < -0.39 is 20.0 Å². The van der Waals surface area contributed by atoms with Crippen molar-refractivity contribution in [1.82, 2.24) is 13.9 Å². The molecule has 1 aromatic heterocycles. The third-order valence-electron chi connectivity index (χ3n) is 6.43. The van der Waals surface area contributed by atoms with Crippen molar-refractivity contribution < 1.29 is 16.8 Å². The normalized spacial score (nSPS) is 20.5. The molecule has 2 aromatic rings. The number of nitrogens with zero attached hydrogens (tertiary/aromatic N) is 2. The van der Waals surface area contributed by atoms with Gasteiger partial charge in [0.25, 0.3) is 0 Å². The first-order valence-electron chi connectivity index (χ1n) is 11.1. The quantitative estimate of drug-likeness (QED) is 0.605. The van der Waals surface area contributed by atoms with E-state index in [2.05, 4.69) is 22.6 Å². The van der Waals surface area contributed by atoms with Gasteiger partial charge in [0.2, 0.25) is 20.0 Å². The number of sulfonamides is 2. The Labute approximate surface area is 195 Å². The van der Waals surface area contributed by atoms with Crippen LogP contribution in [0.2, 0.25) is 0 Å². The van der Waals surface area contributed by atoms with Crippen molar-refractivity contribution in [3.05, 3.63) is 46.7 Å². The standard InChI is InChI=1S/C22H31N3O4S3/c1-18-10-14-24(15-11-18)21(22-5-4-16-30-22)17-23-31(26,27)19-6-8-20(9-7-19)32(28,29)25-12-2-3-13-25/h4-9,16,18,21,23H,2-3,10-15,17H2,1H3/t21-/m0/s1. The lowest BCUT2D eigenvalue weighted by Gasteiger charge is -2.36. The number of nitrogens with one attached hydrogen (secondary N) is 1. The van der Waals surface area contributed by atoms with Gasteiger partial charge in [0.15, 0.2) is 0 Å². The van der Waals surface area contributed by atoms with Gasteiger partial charge in [-0.1, -0.05) is 13.0 Å². The summed E-state index contributed by atoms with van der Waals surface area (Å²) in [5.41, 5.74) is 0. The van der Waals surface area contributed by atoms with E-state index in [1.807, 2.05) is 11.4 Å². The molecule has 0 saturated carbocycles. The molecule has 7 nitrogen and oxygen atoms in total. The molecule has 2 saturated heterocycles. The maximum atomic E-state index is 13.0. The molecule has 0 amide bonds. The van der Waals surface area contributed by atoms with E-state index in [4.69, 9.17) is 0 Å². The lowest BCUT2D eigenvalue weighted by molar-refractivity contribution is 0.141. The van der Waals surface area contributed by atoms with E-state index in [1.165, 1.54) is 28.6 Å². The Bertz CT molecular complexity index is 1090. The Morgan fingerprint density at radius 1 is 0.969 bits per heavy atom. The summed E-state index contributed by atoms with van der Waals surface area (Å²) in [6.07, 6.45) is 3.94.